The van der Waals surface area contributed by atoms with Crippen molar-refractivity contribution < 1.29 is 18.7 Å². The number of aromatic nitrogens is 1. The number of ether oxygens (including phenoxy) is 2. The first-order valence-corrected chi connectivity index (χ1v) is 9.52. The van der Waals surface area contributed by atoms with Crippen LogP contribution < -0.4 is 14.9 Å². The first-order valence-electron chi connectivity index (χ1n) is 9.14. The maximum atomic E-state index is 13.9. The first-order chi connectivity index (χ1) is 14.6. The third-order valence-corrected chi connectivity index (χ3v) is 4.36. The second-order valence-corrected chi connectivity index (χ2v) is 6.48. The van der Waals surface area contributed by atoms with Gasteiger partial charge >= 0.3 is 0 Å². The van der Waals surface area contributed by atoms with E-state index in [-0.39, 0.29) is 18.1 Å². The fraction of sp³-hybridized carbons (Fsp3) is 0.136. The summed E-state index contributed by atoms with van der Waals surface area (Å²) in [5, 5.41) is 4.24. The minimum absolute atomic E-state index is 0.0415. The molecule has 0 aliphatic carbocycles. The van der Waals surface area contributed by atoms with Crippen molar-refractivity contribution >= 4 is 23.7 Å². The van der Waals surface area contributed by atoms with Crippen molar-refractivity contribution in [2.45, 2.75) is 13.5 Å². The quantitative estimate of drug-likeness (QED) is 0.420. The van der Waals surface area contributed by atoms with Gasteiger partial charge < -0.3 is 9.47 Å². The van der Waals surface area contributed by atoms with Gasteiger partial charge in [-0.2, -0.15) is 5.10 Å². The molecule has 3 aromatic rings. The summed E-state index contributed by atoms with van der Waals surface area (Å²) < 4.78 is 25.3. The van der Waals surface area contributed by atoms with Crippen molar-refractivity contribution in [2.75, 3.05) is 6.61 Å². The predicted molar refractivity (Wildman–Crippen MR) is 113 cm³/mol. The molecule has 0 spiro atoms. The molecule has 0 bridgehead atoms. The zero-order valence-electron chi connectivity index (χ0n) is 16.1. The van der Waals surface area contributed by atoms with Crippen LogP contribution in [-0.4, -0.2) is 23.7 Å². The number of hydrogen-bond donors (Lipinski definition) is 1. The molecule has 0 aliphatic rings. The zero-order chi connectivity index (χ0) is 21.3. The molecule has 2 aromatic carbocycles. The highest BCUT2D eigenvalue weighted by Crippen LogP contribution is 2.30. The SMILES string of the molecule is CCOc1cc(/C=N\NC(=O)c2cccnc2)ccc1OCc1c(F)cccc1Cl. The molecule has 154 valence electrons. The average molecular weight is 428 g/mol. The van der Waals surface area contributed by atoms with Crippen molar-refractivity contribution in [3.8, 4) is 11.5 Å². The molecule has 30 heavy (non-hydrogen) atoms. The molecule has 0 radical (unpaired) electrons. The second-order valence-electron chi connectivity index (χ2n) is 6.07. The Labute approximate surface area is 178 Å². The van der Waals surface area contributed by atoms with Gasteiger partial charge in [0.2, 0.25) is 0 Å². The maximum absolute atomic E-state index is 13.9. The summed E-state index contributed by atoms with van der Waals surface area (Å²) in [6, 6.07) is 12.9. The molecule has 3 rings (SSSR count). The minimum atomic E-state index is -0.437. The molecule has 6 nitrogen and oxygen atoms in total. The van der Waals surface area contributed by atoms with Gasteiger partial charge in [0.25, 0.3) is 5.91 Å². The lowest BCUT2D eigenvalue weighted by atomic mass is 10.2. The Bertz CT molecular complexity index is 1020. The van der Waals surface area contributed by atoms with Gasteiger partial charge in [-0.05, 0) is 55.0 Å². The van der Waals surface area contributed by atoms with Crippen molar-refractivity contribution in [3.63, 3.8) is 0 Å². The monoisotopic (exact) mass is 427 g/mol. The Morgan fingerprint density at radius 3 is 2.80 bits per heavy atom. The number of carbonyl (C=O) groups excluding carboxylic acids is 1. The number of nitrogens with one attached hydrogen (secondary N) is 1. The molecular formula is C22H19ClFN3O3. The molecule has 1 heterocycles. The van der Waals surface area contributed by atoms with Gasteiger partial charge in [-0.3, -0.25) is 9.78 Å². The predicted octanol–water partition coefficient (Wildman–Crippen LogP) is 4.62. The van der Waals surface area contributed by atoms with Gasteiger partial charge in [-0.25, -0.2) is 9.82 Å². The Kier molecular flexibility index (Phi) is 7.34. The van der Waals surface area contributed by atoms with Crippen LogP contribution in [0.2, 0.25) is 5.02 Å². The number of rotatable bonds is 8. The van der Waals surface area contributed by atoms with E-state index in [1.54, 1.807) is 42.6 Å². The largest absolute Gasteiger partial charge is 0.490 e. The summed E-state index contributed by atoms with van der Waals surface area (Å²) in [6.07, 6.45) is 4.51. The Balaban J connectivity index is 1.69. The van der Waals surface area contributed by atoms with Gasteiger partial charge in [0.1, 0.15) is 12.4 Å². The molecule has 0 saturated heterocycles. The van der Waals surface area contributed by atoms with Crippen LogP contribution in [0.4, 0.5) is 4.39 Å². The molecule has 1 N–H and O–H groups in total. The van der Waals surface area contributed by atoms with Crippen LogP contribution >= 0.6 is 11.6 Å². The van der Waals surface area contributed by atoms with E-state index in [4.69, 9.17) is 21.1 Å². The van der Waals surface area contributed by atoms with Crippen LogP contribution in [0, 0.1) is 5.82 Å². The first kappa shape index (κ1) is 21.3. The smallest absolute Gasteiger partial charge is 0.272 e. The standard InChI is InChI=1S/C22H19ClFN3O3/c1-2-29-21-11-15(12-26-27-22(28)16-5-4-10-25-13-16)8-9-20(21)30-14-17-18(23)6-3-7-19(17)24/h3-13H,2,14H2,1H3,(H,27,28)/b26-12-. The van der Waals surface area contributed by atoms with Crippen LogP contribution in [0.5, 0.6) is 11.5 Å². The maximum Gasteiger partial charge on any atom is 0.272 e. The van der Waals surface area contributed by atoms with E-state index >= 15 is 0 Å². The molecular weight excluding hydrogens is 409 g/mol. The van der Waals surface area contributed by atoms with Crippen LogP contribution in [0.1, 0.15) is 28.4 Å². The molecule has 0 aliphatic heterocycles. The summed E-state index contributed by atoms with van der Waals surface area (Å²) in [5.41, 5.74) is 3.79. The number of nitrogens with zero attached hydrogens (tertiary/aromatic N) is 2. The lowest BCUT2D eigenvalue weighted by molar-refractivity contribution is 0.0955. The molecule has 8 heteroatoms. The number of amides is 1. The number of halogens is 2. The number of hydrazone groups is 1. The molecule has 1 amide bonds. The van der Waals surface area contributed by atoms with E-state index in [1.165, 1.54) is 24.5 Å². The number of benzene rings is 2. The van der Waals surface area contributed by atoms with Crippen LogP contribution in [0.25, 0.3) is 0 Å². The van der Waals surface area contributed by atoms with Gasteiger partial charge in [-0.15, -0.1) is 0 Å². The van der Waals surface area contributed by atoms with Crippen molar-refractivity contribution in [1.29, 1.82) is 0 Å². The van der Waals surface area contributed by atoms with E-state index in [0.717, 1.165) is 0 Å². The van der Waals surface area contributed by atoms with Gasteiger partial charge in [-0.1, -0.05) is 17.7 Å². The summed E-state index contributed by atoms with van der Waals surface area (Å²) in [5.74, 6) is 0.0971. The van der Waals surface area contributed by atoms with E-state index in [2.05, 4.69) is 15.5 Å². The third-order valence-electron chi connectivity index (χ3n) is 4.00. The fourth-order valence-corrected chi connectivity index (χ4v) is 2.76. The van der Waals surface area contributed by atoms with Crippen molar-refractivity contribution in [3.05, 3.63) is 88.5 Å². The fourth-order valence-electron chi connectivity index (χ4n) is 2.54. The van der Waals surface area contributed by atoms with Gasteiger partial charge in [0, 0.05) is 18.0 Å². The van der Waals surface area contributed by atoms with Gasteiger partial charge in [0.15, 0.2) is 11.5 Å². The highest BCUT2D eigenvalue weighted by Gasteiger charge is 2.11. The number of hydrogen-bond acceptors (Lipinski definition) is 5. The highest BCUT2D eigenvalue weighted by atomic mass is 35.5. The minimum Gasteiger partial charge on any atom is -0.490 e. The summed E-state index contributed by atoms with van der Waals surface area (Å²) in [4.78, 5) is 15.9. The second kappa shape index (κ2) is 10.4. The highest BCUT2D eigenvalue weighted by molar-refractivity contribution is 6.31. The summed E-state index contributed by atoms with van der Waals surface area (Å²) >= 11 is 6.04. The lowest BCUT2D eigenvalue weighted by Gasteiger charge is -2.13. The molecule has 0 saturated carbocycles. The topological polar surface area (TPSA) is 72.8 Å². The zero-order valence-corrected chi connectivity index (χ0v) is 16.9. The average Bonchev–Trinajstić information content (AvgIpc) is 2.75. The Hall–Kier alpha value is -3.45. The van der Waals surface area contributed by atoms with E-state index < -0.39 is 5.82 Å². The molecule has 1 aromatic heterocycles. The Morgan fingerprint density at radius 1 is 1.20 bits per heavy atom. The molecule has 0 unspecified atom stereocenters. The van der Waals surface area contributed by atoms with Crippen LogP contribution in [0.3, 0.4) is 0 Å². The van der Waals surface area contributed by atoms with E-state index in [9.17, 15) is 9.18 Å². The lowest BCUT2D eigenvalue weighted by Crippen LogP contribution is -2.17. The molecule has 0 fully saturated rings. The van der Waals surface area contributed by atoms with Crippen LogP contribution in [-0.2, 0) is 6.61 Å². The summed E-state index contributed by atoms with van der Waals surface area (Å²) in [7, 11) is 0. The molecule has 0 atom stereocenters. The van der Waals surface area contributed by atoms with Crippen molar-refractivity contribution in [2.24, 2.45) is 5.10 Å². The van der Waals surface area contributed by atoms with E-state index in [1.807, 2.05) is 6.92 Å². The van der Waals surface area contributed by atoms with Crippen LogP contribution in [0.15, 0.2) is 66.0 Å². The van der Waals surface area contributed by atoms with Crippen molar-refractivity contribution in [1.82, 2.24) is 10.4 Å². The summed E-state index contributed by atoms with van der Waals surface area (Å²) in [6.45, 7) is 2.21. The normalized spacial score (nSPS) is 10.8. The Morgan fingerprint density at radius 2 is 2.07 bits per heavy atom. The van der Waals surface area contributed by atoms with E-state index in [0.29, 0.717) is 34.3 Å². The third kappa shape index (κ3) is 5.55. The van der Waals surface area contributed by atoms with Gasteiger partial charge in [0.05, 0.1) is 23.4 Å². The number of carbonyl (C=O) groups is 1. The number of pyridine rings is 1.